The number of ketones is 1. The number of benzene rings is 2. The first-order chi connectivity index (χ1) is 16.6. The van der Waals surface area contributed by atoms with E-state index in [-0.39, 0.29) is 22.9 Å². The van der Waals surface area contributed by atoms with Gasteiger partial charge in [0, 0.05) is 18.7 Å². The number of Topliss-reactive ketones (excluding diaryl/α,β-unsaturated/α-hetero) is 1. The maximum atomic E-state index is 13.4. The van der Waals surface area contributed by atoms with Gasteiger partial charge in [-0.05, 0) is 67.0 Å². The van der Waals surface area contributed by atoms with Gasteiger partial charge in [-0.15, -0.1) is 0 Å². The molecule has 35 heavy (non-hydrogen) atoms. The average molecular weight is 478 g/mol. The lowest BCUT2D eigenvalue weighted by molar-refractivity contribution is -0.140. The molecule has 2 aliphatic heterocycles. The van der Waals surface area contributed by atoms with Crippen molar-refractivity contribution in [2.45, 2.75) is 65.0 Å². The molecule has 0 saturated carbocycles. The molecule has 186 valence electrons. The Hall–Kier alpha value is -3.12. The number of amides is 1. The molecule has 1 N–H and O–H groups in total. The van der Waals surface area contributed by atoms with Crippen molar-refractivity contribution >= 4 is 17.4 Å². The highest BCUT2D eigenvalue weighted by Crippen LogP contribution is 2.41. The molecule has 4 rings (SSSR count). The van der Waals surface area contributed by atoms with Crippen LogP contribution < -0.4 is 4.74 Å². The van der Waals surface area contributed by atoms with Crippen molar-refractivity contribution in [3.05, 3.63) is 70.3 Å². The van der Waals surface area contributed by atoms with Crippen molar-refractivity contribution < 1.29 is 24.2 Å². The van der Waals surface area contributed by atoms with Crippen molar-refractivity contribution in [1.82, 2.24) is 4.90 Å². The first kappa shape index (κ1) is 25.0. The van der Waals surface area contributed by atoms with Gasteiger partial charge in [-0.2, -0.15) is 0 Å². The van der Waals surface area contributed by atoms with Gasteiger partial charge in [0.1, 0.15) is 11.5 Å². The van der Waals surface area contributed by atoms with Crippen molar-refractivity contribution in [3.63, 3.8) is 0 Å². The number of hydrogen-bond donors (Lipinski definition) is 1. The molecule has 2 saturated heterocycles. The first-order valence-corrected chi connectivity index (χ1v) is 12.4. The zero-order chi connectivity index (χ0) is 25.3. The van der Waals surface area contributed by atoms with Crippen molar-refractivity contribution in [2.75, 3.05) is 19.8 Å². The fraction of sp³-hybridized carbons (Fsp3) is 0.448. The molecule has 2 atom stereocenters. The molecular weight excluding hydrogens is 442 g/mol. The highest BCUT2D eigenvalue weighted by Gasteiger charge is 2.47. The van der Waals surface area contributed by atoms with Crippen molar-refractivity contribution in [1.29, 1.82) is 0 Å². The van der Waals surface area contributed by atoms with E-state index in [0.717, 1.165) is 29.5 Å². The summed E-state index contributed by atoms with van der Waals surface area (Å²) in [7, 11) is 0. The van der Waals surface area contributed by atoms with Crippen LogP contribution in [0.5, 0.6) is 5.75 Å². The second-order valence-electron chi connectivity index (χ2n) is 10.4. The molecule has 2 aromatic rings. The van der Waals surface area contributed by atoms with Gasteiger partial charge in [-0.3, -0.25) is 9.59 Å². The Morgan fingerprint density at radius 3 is 2.46 bits per heavy atom. The SMILES string of the molecule is CCOc1ccc(C2/C(=C(\O)c3cc(C(C)(C)C)ccc3C)C(=O)C(=O)N2CC2CCCO2)cc1. The Morgan fingerprint density at radius 1 is 1.14 bits per heavy atom. The number of aryl methyl sites for hydroxylation is 1. The lowest BCUT2D eigenvalue weighted by Gasteiger charge is -2.28. The summed E-state index contributed by atoms with van der Waals surface area (Å²) in [6.07, 6.45) is 1.65. The molecule has 0 aliphatic carbocycles. The van der Waals surface area contributed by atoms with Gasteiger partial charge < -0.3 is 19.5 Å². The number of aliphatic hydroxyl groups is 1. The maximum absolute atomic E-state index is 13.4. The molecule has 6 nitrogen and oxygen atoms in total. The van der Waals surface area contributed by atoms with Gasteiger partial charge in [0.2, 0.25) is 0 Å². The maximum Gasteiger partial charge on any atom is 0.295 e. The highest BCUT2D eigenvalue weighted by atomic mass is 16.5. The number of likely N-dealkylation sites (tertiary alicyclic amines) is 1. The molecule has 2 unspecified atom stereocenters. The molecule has 2 aromatic carbocycles. The minimum atomic E-state index is -0.701. The summed E-state index contributed by atoms with van der Waals surface area (Å²) >= 11 is 0. The summed E-state index contributed by atoms with van der Waals surface area (Å²) in [5.74, 6) is -0.702. The monoisotopic (exact) mass is 477 g/mol. The van der Waals surface area contributed by atoms with Gasteiger partial charge in [-0.1, -0.05) is 45.0 Å². The van der Waals surface area contributed by atoms with Crippen LogP contribution in [0.2, 0.25) is 0 Å². The average Bonchev–Trinajstić information content (AvgIpc) is 3.41. The number of aliphatic hydroxyl groups excluding tert-OH is 1. The van der Waals surface area contributed by atoms with Crippen LogP contribution in [0, 0.1) is 6.92 Å². The third kappa shape index (κ3) is 4.98. The quantitative estimate of drug-likeness (QED) is 0.347. The van der Waals surface area contributed by atoms with Gasteiger partial charge in [0.05, 0.1) is 24.3 Å². The third-order valence-electron chi connectivity index (χ3n) is 6.83. The van der Waals surface area contributed by atoms with E-state index in [1.54, 1.807) is 4.90 Å². The Balaban J connectivity index is 1.85. The van der Waals surface area contributed by atoms with E-state index in [1.165, 1.54) is 0 Å². The zero-order valence-corrected chi connectivity index (χ0v) is 21.3. The Kier molecular flexibility index (Phi) is 7.04. The molecule has 2 fully saturated rings. The molecule has 0 aromatic heterocycles. The normalized spacial score (nSPS) is 22.1. The number of hydrogen-bond acceptors (Lipinski definition) is 5. The molecule has 0 spiro atoms. The highest BCUT2D eigenvalue weighted by molar-refractivity contribution is 6.46. The lowest BCUT2D eigenvalue weighted by Crippen LogP contribution is -2.36. The smallest absolute Gasteiger partial charge is 0.295 e. The Labute approximate surface area is 207 Å². The molecule has 2 aliphatic rings. The zero-order valence-electron chi connectivity index (χ0n) is 21.3. The van der Waals surface area contributed by atoms with Gasteiger partial charge in [0.25, 0.3) is 11.7 Å². The minimum Gasteiger partial charge on any atom is -0.507 e. The van der Waals surface area contributed by atoms with Crippen LogP contribution in [-0.2, 0) is 19.7 Å². The fourth-order valence-corrected chi connectivity index (χ4v) is 4.82. The molecule has 2 heterocycles. The summed E-state index contributed by atoms with van der Waals surface area (Å²) in [5.41, 5.74) is 3.18. The van der Waals surface area contributed by atoms with Crippen LogP contribution >= 0.6 is 0 Å². The standard InChI is InChI=1S/C29H35NO5/c1-6-34-21-13-10-19(11-14-21)25-24(27(32)28(33)30(25)17-22-8-7-15-35-22)26(31)23-16-20(29(3,4)5)12-9-18(23)2/h9-14,16,22,25,31H,6-8,15,17H2,1-5H3/b26-24+. The predicted octanol–water partition coefficient (Wildman–Crippen LogP) is 5.29. The lowest BCUT2D eigenvalue weighted by atomic mass is 9.84. The summed E-state index contributed by atoms with van der Waals surface area (Å²) < 4.78 is 11.4. The third-order valence-corrected chi connectivity index (χ3v) is 6.83. The number of ether oxygens (including phenoxy) is 2. The van der Waals surface area contributed by atoms with Crippen molar-refractivity contribution in [3.8, 4) is 5.75 Å². The molecule has 0 radical (unpaired) electrons. The Morgan fingerprint density at radius 2 is 1.86 bits per heavy atom. The number of carbonyl (C=O) groups excluding carboxylic acids is 2. The van der Waals surface area contributed by atoms with E-state index in [0.29, 0.717) is 31.1 Å². The first-order valence-electron chi connectivity index (χ1n) is 12.4. The summed E-state index contributed by atoms with van der Waals surface area (Å²) in [6.45, 7) is 11.6. The number of carbonyl (C=O) groups is 2. The molecule has 6 heteroatoms. The van der Waals surface area contributed by atoms with E-state index in [2.05, 4.69) is 20.8 Å². The van der Waals surface area contributed by atoms with Crippen molar-refractivity contribution in [2.24, 2.45) is 0 Å². The van der Waals surface area contributed by atoms with E-state index < -0.39 is 17.7 Å². The van der Waals surface area contributed by atoms with Gasteiger partial charge in [-0.25, -0.2) is 0 Å². The van der Waals surface area contributed by atoms with Crippen LogP contribution in [0.4, 0.5) is 0 Å². The second kappa shape index (κ2) is 9.86. The second-order valence-corrected chi connectivity index (χ2v) is 10.4. The molecule has 0 bridgehead atoms. The van der Waals surface area contributed by atoms with E-state index in [4.69, 9.17) is 9.47 Å². The summed E-state index contributed by atoms with van der Waals surface area (Å²) in [6, 6.07) is 12.6. The number of rotatable bonds is 6. The van der Waals surface area contributed by atoms with Crippen LogP contribution in [0.3, 0.4) is 0 Å². The van der Waals surface area contributed by atoms with E-state index in [9.17, 15) is 14.7 Å². The Bertz CT molecular complexity index is 1140. The van der Waals surface area contributed by atoms with E-state index in [1.807, 2.05) is 56.3 Å². The molecule has 1 amide bonds. The van der Waals surface area contributed by atoms with Gasteiger partial charge >= 0.3 is 0 Å². The minimum absolute atomic E-state index is 0.117. The van der Waals surface area contributed by atoms with Crippen LogP contribution in [0.15, 0.2) is 48.0 Å². The summed E-state index contributed by atoms with van der Waals surface area (Å²) in [5, 5.41) is 11.6. The largest absolute Gasteiger partial charge is 0.507 e. The predicted molar refractivity (Wildman–Crippen MR) is 135 cm³/mol. The summed E-state index contributed by atoms with van der Waals surface area (Å²) in [4.78, 5) is 28.2. The topological polar surface area (TPSA) is 76.1 Å². The fourth-order valence-electron chi connectivity index (χ4n) is 4.82. The van der Waals surface area contributed by atoms with Crippen LogP contribution in [0.1, 0.15) is 68.8 Å². The molecular formula is C29H35NO5. The van der Waals surface area contributed by atoms with Crippen LogP contribution in [0.25, 0.3) is 5.76 Å². The van der Waals surface area contributed by atoms with Crippen LogP contribution in [-0.4, -0.2) is 47.6 Å². The number of nitrogens with zero attached hydrogens (tertiary/aromatic N) is 1. The van der Waals surface area contributed by atoms with Gasteiger partial charge in [0.15, 0.2) is 0 Å². The van der Waals surface area contributed by atoms with E-state index >= 15 is 0 Å².